The van der Waals surface area contributed by atoms with Gasteiger partial charge in [-0.25, -0.2) is 4.79 Å². The number of esters is 1. The minimum Gasteiger partial charge on any atom is -0.461 e. The van der Waals surface area contributed by atoms with E-state index in [-0.39, 0.29) is 0 Å². The Morgan fingerprint density at radius 2 is 2.46 bits per heavy atom. The molecule has 4 heteroatoms. The fraction of sp³-hybridized carbons (Fsp3) is 0.333. The number of hydrogen-bond acceptors (Lipinski definition) is 3. The predicted octanol–water partition coefficient (Wildman–Crippen LogP) is 1.37. The van der Waals surface area contributed by atoms with Crippen LogP contribution in [0.15, 0.2) is 6.07 Å². The largest absolute Gasteiger partial charge is 0.461 e. The van der Waals surface area contributed by atoms with E-state index in [1.54, 1.807) is 13.8 Å². The van der Waals surface area contributed by atoms with Crippen molar-refractivity contribution in [1.29, 1.82) is 5.26 Å². The van der Waals surface area contributed by atoms with Crippen molar-refractivity contribution in [3.8, 4) is 6.07 Å². The maximum atomic E-state index is 11.2. The lowest BCUT2D eigenvalue weighted by molar-refractivity contribution is 0.0520. The van der Waals surface area contributed by atoms with Crippen LogP contribution in [0.1, 0.15) is 28.7 Å². The van der Waals surface area contributed by atoms with Crippen molar-refractivity contribution in [2.24, 2.45) is 0 Å². The summed E-state index contributed by atoms with van der Waals surface area (Å²) >= 11 is 0. The van der Waals surface area contributed by atoms with Crippen LogP contribution >= 0.6 is 0 Å². The van der Waals surface area contributed by atoms with Gasteiger partial charge in [0, 0.05) is 5.69 Å². The standard InChI is InChI=1S/C9H10N2O2/c1-3-13-9(12)8-4-7(5-10)6(2)11-8/h4,11H,3H2,1-2H3. The molecule has 0 saturated carbocycles. The zero-order chi connectivity index (χ0) is 9.84. The number of carbonyl (C=O) groups excluding carboxylic acids is 1. The lowest BCUT2D eigenvalue weighted by atomic mass is 10.3. The molecule has 1 aromatic rings. The van der Waals surface area contributed by atoms with E-state index in [1.807, 2.05) is 6.07 Å². The van der Waals surface area contributed by atoms with Gasteiger partial charge in [-0.05, 0) is 19.9 Å². The van der Waals surface area contributed by atoms with Gasteiger partial charge in [-0.1, -0.05) is 0 Å². The molecule has 1 N–H and O–H groups in total. The number of carbonyl (C=O) groups is 1. The van der Waals surface area contributed by atoms with Crippen LogP contribution in [0, 0.1) is 18.3 Å². The molecule has 13 heavy (non-hydrogen) atoms. The van der Waals surface area contributed by atoms with Crippen LogP contribution < -0.4 is 0 Å². The van der Waals surface area contributed by atoms with Gasteiger partial charge in [0.05, 0.1) is 12.2 Å². The van der Waals surface area contributed by atoms with Crippen LogP contribution in [0.2, 0.25) is 0 Å². The number of nitrogens with zero attached hydrogens (tertiary/aromatic N) is 1. The summed E-state index contributed by atoms with van der Waals surface area (Å²) in [5.74, 6) is -0.424. The van der Waals surface area contributed by atoms with E-state index in [0.717, 1.165) is 0 Å². The van der Waals surface area contributed by atoms with E-state index in [9.17, 15) is 4.79 Å². The third kappa shape index (κ3) is 1.88. The molecule has 0 aromatic carbocycles. The average Bonchev–Trinajstić information content (AvgIpc) is 2.47. The van der Waals surface area contributed by atoms with E-state index >= 15 is 0 Å². The molecule has 1 heterocycles. The molecule has 0 spiro atoms. The SMILES string of the molecule is CCOC(=O)c1cc(C#N)c(C)[nH]1. The summed E-state index contributed by atoms with van der Waals surface area (Å²) in [6.07, 6.45) is 0. The molecule has 0 atom stereocenters. The Morgan fingerprint density at radius 3 is 2.92 bits per heavy atom. The molecule has 1 aromatic heterocycles. The number of nitriles is 1. The summed E-state index contributed by atoms with van der Waals surface area (Å²) in [5.41, 5.74) is 1.49. The summed E-state index contributed by atoms with van der Waals surface area (Å²) in [6, 6.07) is 3.47. The Kier molecular flexibility index (Phi) is 2.70. The van der Waals surface area contributed by atoms with Crippen molar-refractivity contribution < 1.29 is 9.53 Å². The normalized spacial score (nSPS) is 9.31. The van der Waals surface area contributed by atoms with Gasteiger partial charge in [-0.2, -0.15) is 5.26 Å². The Bertz CT molecular complexity index is 360. The minimum absolute atomic E-state index is 0.330. The van der Waals surface area contributed by atoms with E-state index < -0.39 is 5.97 Å². The number of nitrogens with one attached hydrogen (secondary N) is 1. The number of hydrogen-bond donors (Lipinski definition) is 1. The Labute approximate surface area is 76.1 Å². The van der Waals surface area contributed by atoms with Gasteiger partial charge >= 0.3 is 5.97 Å². The third-order valence-electron chi connectivity index (χ3n) is 1.63. The lowest BCUT2D eigenvalue weighted by Crippen LogP contribution is -2.04. The number of aromatic amines is 1. The molecule has 0 aliphatic rings. The van der Waals surface area contributed by atoms with Crippen LogP contribution in [0.4, 0.5) is 0 Å². The van der Waals surface area contributed by atoms with E-state index in [2.05, 4.69) is 4.98 Å². The quantitative estimate of drug-likeness (QED) is 0.695. The topological polar surface area (TPSA) is 65.9 Å². The molecule has 0 fully saturated rings. The van der Waals surface area contributed by atoms with Gasteiger partial charge in [-0.3, -0.25) is 0 Å². The summed E-state index contributed by atoms with van der Waals surface area (Å²) in [5, 5.41) is 8.62. The average molecular weight is 178 g/mol. The van der Waals surface area contributed by atoms with E-state index in [0.29, 0.717) is 23.6 Å². The second kappa shape index (κ2) is 3.76. The van der Waals surface area contributed by atoms with Crippen LogP contribution in [0.25, 0.3) is 0 Å². The lowest BCUT2D eigenvalue weighted by Gasteiger charge is -1.96. The van der Waals surface area contributed by atoms with Gasteiger partial charge in [-0.15, -0.1) is 0 Å². The van der Waals surface area contributed by atoms with Gasteiger partial charge in [0.2, 0.25) is 0 Å². The highest BCUT2D eigenvalue weighted by Gasteiger charge is 2.11. The number of rotatable bonds is 2. The highest BCUT2D eigenvalue weighted by molar-refractivity contribution is 5.88. The number of ether oxygens (including phenoxy) is 1. The molecule has 68 valence electrons. The summed E-state index contributed by atoms with van der Waals surface area (Å²) < 4.78 is 4.76. The van der Waals surface area contributed by atoms with E-state index in [4.69, 9.17) is 10.00 Å². The first-order valence-electron chi connectivity index (χ1n) is 3.95. The second-order valence-electron chi connectivity index (χ2n) is 2.55. The summed E-state index contributed by atoms with van der Waals surface area (Å²) in [6.45, 7) is 3.80. The van der Waals surface area contributed by atoms with Crippen LogP contribution in [0.5, 0.6) is 0 Å². The van der Waals surface area contributed by atoms with Gasteiger partial charge < -0.3 is 9.72 Å². The van der Waals surface area contributed by atoms with Gasteiger partial charge in [0.1, 0.15) is 11.8 Å². The third-order valence-corrected chi connectivity index (χ3v) is 1.63. The first-order chi connectivity index (χ1) is 6.19. The molecule has 0 saturated heterocycles. The predicted molar refractivity (Wildman–Crippen MR) is 46.2 cm³/mol. The van der Waals surface area contributed by atoms with Crippen LogP contribution in [0.3, 0.4) is 0 Å². The highest BCUT2D eigenvalue weighted by Crippen LogP contribution is 2.09. The molecule has 0 bridgehead atoms. The number of H-pyrrole nitrogens is 1. The van der Waals surface area contributed by atoms with Crippen molar-refractivity contribution >= 4 is 5.97 Å². The molecular weight excluding hydrogens is 168 g/mol. The minimum atomic E-state index is -0.424. The van der Waals surface area contributed by atoms with Crippen molar-refractivity contribution in [1.82, 2.24) is 4.98 Å². The molecular formula is C9H10N2O2. The fourth-order valence-electron chi connectivity index (χ4n) is 0.993. The molecule has 0 amide bonds. The van der Waals surface area contributed by atoms with Crippen molar-refractivity contribution in [2.75, 3.05) is 6.61 Å². The van der Waals surface area contributed by atoms with Crippen molar-refractivity contribution in [3.05, 3.63) is 23.0 Å². The zero-order valence-corrected chi connectivity index (χ0v) is 7.55. The maximum absolute atomic E-state index is 11.2. The molecule has 1 rings (SSSR count). The highest BCUT2D eigenvalue weighted by atomic mass is 16.5. The Balaban J connectivity index is 2.92. The van der Waals surface area contributed by atoms with Crippen molar-refractivity contribution in [2.45, 2.75) is 13.8 Å². The fourth-order valence-corrected chi connectivity index (χ4v) is 0.993. The van der Waals surface area contributed by atoms with Crippen LogP contribution in [-0.4, -0.2) is 17.6 Å². The second-order valence-corrected chi connectivity index (χ2v) is 2.55. The zero-order valence-electron chi connectivity index (χ0n) is 7.55. The first-order valence-corrected chi connectivity index (χ1v) is 3.95. The molecule has 0 aliphatic heterocycles. The van der Waals surface area contributed by atoms with Gasteiger partial charge in [0.25, 0.3) is 0 Å². The molecule has 0 unspecified atom stereocenters. The first kappa shape index (κ1) is 9.33. The van der Waals surface area contributed by atoms with Crippen LogP contribution in [-0.2, 0) is 4.74 Å². The molecule has 0 aliphatic carbocycles. The van der Waals surface area contributed by atoms with E-state index in [1.165, 1.54) is 6.07 Å². The van der Waals surface area contributed by atoms with Crippen molar-refractivity contribution in [3.63, 3.8) is 0 Å². The molecule has 4 nitrogen and oxygen atoms in total. The number of aryl methyl sites for hydroxylation is 1. The molecule has 0 radical (unpaired) electrons. The maximum Gasteiger partial charge on any atom is 0.354 e. The van der Waals surface area contributed by atoms with Gasteiger partial charge in [0.15, 0.2) is 0 Å². The Morgan fingerprint density at radius 1 is 1.77 bits per heavy atom. The Hall–Kier alpha value is -1.76. The monoisotopic (exact) mass is 178 g/mol. The summed E-state index contributed by atoms with van der Waals surface area (Å²) in [7, 11) is 0. The summed E-state index contributed by atoms with van der Waals surface area (Å²) in [4.78, 5) is 13.9. The smallest absolute Gasteiger partial charge is 0.354 e. The number of aromatic nitrogens is 1.